The van der Waals surface area contributed by atoms with Gasteiger partial charge in [-0.15, -0.1) is 0 Å². The summed E-state index contributed by atoms with van der Waals surface area (Å²) in [4.78, 5) is 49.9. The Morgan fingerprint density at radius 2 is 1.62 bits per heavy atom. The number of hydrogen-bond acceptors (Lipinski definition) is 7. The quantitative estimate of drug-likeness (QED) is 0.0875. The molecule has 0 unspecified atom stereocenters. The summed E-state index contributed by atoms with van der Waals surface area (Å²) in [5, 5.41) is 22.6. The first-order chi connectivity index (χ1) is 26.0. The van der Waals surface area contributed by atoms with Crippen molar-refractivity contribution in [3.05, 3.63) is 83.7 Å². The number of aliphatic hydroxyl groups is 1. The van der Waals surface area contributed by atoms with Crippen LogP contribution in [0, 0.1) is 17.0 Å². The molecular formula is C38H52F5N5O7Si. The molecule has 0 aliphatic carbocycles. The minimum atomic E-state index is -5.08. The van der Waals surface area contributed by atoms with E-state index >= 15 is 4.39 Å². The van der Waals surface area contributed by atoms with E-state index in [-0.39, 0.29) is 38.2 Å². The van der Waals surface area contributed by atoms with E-state index in [1.165, 1.54) is 4.90 Å². The highest BCUT2D eigenvalue weighted by Gasteiger charge is 2.39. The Bertz CT molecular complexity index is 1760. The molecule has 1 aromatic heterocycles. The smallest absolute Gasteiger partial charge is 0.475 e. The van der Waals surface area contributed by atoms with Gasteiger partial charge in [0.25, 0.3) is 0 Å². The molecule has 0 saturated carbocycles. The second-order valence-corrected chi connectivity index (χ2v) is 20.8. The van der Waals surface area contributed by atoms with Gasteiger partial charge in [-0.05, 0) is 47.7 Å². The number of alkyl carbamates (subject to hydrolysis) is 1. The third kappa shape index (κ3) is 15.4. The maximum Gasteiger partial charge on any atom is 0.490 e. The number of ether oxygens (including phenoxy) is 1. The van der Waals surface area contributed by atoms with Crippen LogP contribution in [-0.2, 0) is 25.7 Å². The second-order valence-electron chi connectivity index (χ2n) is 15.2. The van der Waals surface area contributed by atoms with Crippen LogP contribution in [0.4, 0.5) is 26.7 Å². The molecule has 0 fully saturated rings. The molecule has 0 saturated heterocycles. The summed E-state index contributed by atoms with van der Waals surface area (Å²) in [5.74, 6) is -5.05. The number of carbonyl (C=O) groups excluding carboxylic acids is 3. The summed E-state index contributed by atoms with van der Waals surface area (Å²) < 4.78 is 68.4. The van der Waals surface area contributed by atoms with Crippen molar-refractivity contribution in [2.45, 2.75) is 77.7 Å². The van der Waals surface area contributed by atoms with E-state index < -0.39 is 73.9 Å². The maximum atomic E-state index is 15.1. The number of benzene rings is 2. The Morgan fingerprint density at radius 3 is 2.16 bits per heavy atom. The average molecular weight is 814 g/mol. The molecule has 310 valence electrons. The van der Waals surface area contributed by atoms with Gasteiger partial charge in [-0.25, -0.2) is 18.4 Å². The van der Waals surface area contributed by atoms with Gasteiger partial charge in [0.2, 0.25) is 11.8 Å². The van der Waals surface area contributed by atoms with Crippen molar-refractivity contribution in [1.82, 2.24) is 20.1 Å². The summed E-state index contributed by atoms with van der Waals surface area (Å²) in [6.07, 6.45) is -4.12. The highest BCUT2D eigenvalue weighted by atomic mass is 28.3. The Balaban J connectivity index is 0.00000141. The third-order valence-electron chi connectivity index (χ3n) is 8.27. The van der Waals surface area contributed by atoms with Crippen molar-refractivity contribution in [3.8, 4) is 11.1 Å². The molecule has 0 aliphatic heterocycles. The Labute approximate surface area is 324 Å². The maximum absolute atomic E-state index is 15.1. The SMILES string of the molecule is CC(C)(C)[C@H](c1cc(-c2cc(F)ccc2F)cn1Cc1ccccc1)N(CC[C@H](NC(=O)OCC[Si](C)(C)C)C(=O)NCCN)C(=O)CO.O=C(O)C(F)(F)F. The van der Waals surface area contributed by atoms with E-state index in [0.29, 0.717) is 17.8 Å². The summed E-state index contributed by atoms with van der Waals surface area (Å²) >= 11 is 0. The zero-order valence-electron chi connectivity index (χ0n) is 32.4. The van der Waals surface area contributed by atoms with Crippen LogP contribution < -0.4 is 16.4 Å². The number of alkyl halides is 3. The van der Waals surface area contributed by atoms with Gasteiger partial charge >= 0.3 is 18.2 Å². The zero-order valence-corrected chi connectivity index (χ0v) is 33.4. The predicted octanol–water partition coefficient (Wildman–Crippen LogP) is 5.92. The van der Waals surface area contributed by atoms with E-state index in [1.807, 2.05) is 55.7 Å². The van der Waals surface area contributed by atoms with Crippen LogP contribution in [0.5, 0.6) is 0 Å². The van der Waals surface area contributed by atoms with Gasteiger partial charge in [0.1, 0.15) is 24.3 Å². The number of halogens is 5. The minimum absolute atomic E-state index is 0.0113. The monoisotopic (exact) mass is 813 g/mol. The van der Waals surface area contributed by atoms with Gasteiger partial charge in [0.15, 0.2) is 0 Å². The van der Waals surface area contributed by atoms with E-state index in [0.717, 1.165) is 29.8 Å². The number of aliphatic hydroxyl groups excluding tert-OH is 1. The number of carboxylic acids is 1. The van der Waals surface area contributed by atoms with Crippen molar-refractivity contribution >= 4 is 32.0 Å². The summed E-state index contributed by atoms with van der Waals surface area (Å²) in [5.41, 5.74) is 6.96. The minimum Gasteiger partial charge on any atom is -0.475 e. The average Bonchev–Trinajstić information content (AvgIpc) is 3.50. The number of aromatic nitrogens is 1. The molecule has 18 heteroatoms. The van der Waals surface area contributed by atoms with Crippen LogP contribution in [0.3, 0.4) is 0 Å². The normalized spacial score (nSPS) is 12.8. The summed E-state index contributed by atoms with van der Waals surface area (Å²) in [7, 11) is -1.48. The Kier molecular flexibility index (Phi) is 17.7. The van der Waals surface area contributed by atoms with E-state index in [2.05, 4.69) is 30.3 Å². The van der Waals surface area contributed by atoms with Gasteiger partial charge in [0.05, 0.1) is 12.6 Å². The second kappa shape index (κ2) is 20.9. The fourth-order valence-corrected chi connectivity index (χ4v) is 6.30. The number of nitrogens with zero attached hydrogens (tertiary/aromatic N) is 2. The molecule has 3 rings (SSSR count). The van der Waals surface area contributed by atoms with E-state index in [4.69, 9.17) is 20.4 Å². The molecule has 3 aromatic rings. The molecule has 56 heavy (non-hydrogen) atoms. The van der Waals surface area contributed by atoms with Crippen LogP contribution in [0.2, 0.25) is 25.7 Å². The zero-order chi connectivity index (χ0) is 42.4. The lowest BCUT2D eigenvalue weighted by atomic mass is 9.82. The highest BCUT2D eigenvalue weighted by Crippen LogP contribution is 2.41. The molecule has 0 spiro atoms. The number of hydrogen-bond donors (Lipinski definition) is 5. The van der Waals surface area contributed by atoms with Crippen molar-refractivity contribution in [1.29, 1.82) is 0 Å². The molecule has 3 amide bonds. The van der Waals surface area contributed by atoms with Crippen molar-refractivity contribution < 1.29 is 56.1 Å². The third-order valence-corrected chi connectivity index (χ3v) is 9.98. The number of nitrogens with one attached hydrogen (secondary N) is 2. The topological polar surface area (TPSA) is 176 Å². The van der Waals surface area contributed by atoms with Gasteiger partial charge in [-0.3, -0.25) is 9.59 Å². The van der Waals surface area contributed by atoms with Gasteiger partial charge in [-0.2, -0.15) is 13.2 Å². The molecule has 6 N–H and O–H groups in total. The summed E-state index contributed by atoms with van der Waals surface area (Å²) in [6.45, 7) is 12.3. The van der Waals surface area contributed by atoms with Crippen LogP contribution in [-0.4, -0.2) is 96.7 Å². The van der Waals surface area contributed by atoms with Crippen LogP contribution >= 0.6 is 0 Å². The Hall–Kier alpha value is -4.81. The molecule has 2 atom stereocenters. The summed E-state index contributed by atoms with van der Waals surface area (Å²) in [6, 6.07) is 13.5. The molecule has 0 radical (unpaired) electrons. The van der Waals surface area contributed by atoms with Crippen LogP contribution in [0.25, 0.3) is 11.1 Å². The van der Waals surface area contributed by atoms with Crippen molar-refractivity contribution in [3.63, 3.8) is 0 Å². The predicted molar refractivity (Wildman–Crippen MR) is 203 cm³/mol. The number of rotatable bonds is 16. The van der Waals surface area contributed by atoms with Crippen LogP contribution in [0.1, 0.15) is 44.5 Å². The largest absolute Gasteiger partial charge is 0.490 e. The van der Waals surface area contributed by atoms with E-state index in [1.54, 1.807) is 12.3 Å². The Morgan fingerprint density at radius 1 is 1.00 bits per heavy atom. The molecular weight excluding hydrogens is 762 g/mol. The number of carboxylic acid groups (broad SMARTS) is 1. The van der Waals surface area contributed by atoms with Crippen molar-refractivity contribution in [2.24, 2.45) is 11.1 Å². The number of nitrogens with two attached hydrogens (primary N) is 1. The molecule has 0 bridgehead atoms. The number of carbonyl (C=O) groups is 4. The van der Waals surface area contributed by atoms with E-state index in [9.17, 15) is 37.1 Å². The number of amides is 3. The lowest BCUT2D eigenvalue weighted by Gasteiger charge is -2.41. The van der Waals surface area contributed by atoms with Gasteiger partial charge < -0.3 is 40.8 Å². The van der Waals surface area contributed by atoms with Crippen molar-refractivity contribution in [2.75, 3.05) is 32.8 Å². The number of aliphatic carboxylic acids is 1. The lowest BCUT2D eigenvalue weighted by molar-refractivity contribution is -0.192. The molecule has 1 heterocycles. The molecule has 2 aromatic carbocycles. The molecule has 0 aliphatic rings. The highest BCUT2D eigenvalue weighted by molar-refractivity contribution is 6.76. The van der Waals surface area contributed by atoms with Gasteiger partial charge in [-0.1, -0.05) is 70.7 Å². The lowest BCUT2D eigenvalue weighted by Crippen LogP contribution is -2.51. The van der Waals surface area contributed by atoms with Crippen LogP contribution in [0.15, 0.2) is 60.8 Å². The first kappa shape index (κ1) is 47.3. The standard InChI is InChI=1S/C36H51F2N5O5Si.C2HF3O2/c1-36(2,3)33(31-20-26(28-21-27(37)12-13-29(28)38)23-42(31)22-25-10-8-7-9-11-25)43(32(45)24-44)17-14-30(34(46)40-16-15-39)41-35(47)48-18-19-49(4,5)6;3-2(4,5)1(6)7/h7-13,20-21,23,30,33,44H,14-19,22,24,39H2,1-6H3,(H,40,46)(H,41,47);(H,6,7)/t30-,33-;/m0./s1. The first-order valence-corrected chi connectivity index (χ1v) is 21.5. The fraction of sp³-hybridized carbons (Fsp3) is 0.474. The van der Waals surface area contributed by atoms with Gasteiger partial charge in [0, 0.05) is 57.3 Å². The fourth-order valence-electron chi connectivity index (χ4n) is 5.59. The first-order valence-electron chi connectivity index (χ1n) is 17.8. The molecule has 12 nitrogen and oxygen atoms in total.